The van der Waals surface area contributed by atoms with Crippen molar-refractivity contribution >= 4 is 23.2 Å². The predicted molar refractivity (Wildman–Crippen MR) is 98.3 cm³/mol. The zero-order chi connectivity index (χ0) is 16.9. The average molecular weight is 337 g/mol. The van der Waals surface area contributed by atoms with E-state index in [9.17, 15) is 4.79 Å². The van der Waals surface area contributed by atoms with E-state index in [0.29, 0.717) is 12.2 Å². The van der Waals surface area contributed by atoms with E-state index in [2.05, 4.69) is 31.2 Å². The number of rotatable bonds is 6. The maximum absolute atomic E-state index is 12.5. The van der Waals surface area contributed by atoms with Gasteiger partial charge in [-0.15, -0.1) is 11.8 Å². The molecule has 0 bridgehead atoms. The van der Waals surface area contributed by atoms with Crippen LogP contribution in [0.3, 0.4) is 0 Å². The Labute approximate surface area is 145 Å². The molecule has 24 heavy (non-hydrogen) atoms. The lowest BCUT2D eigenvalue weighted by molar-refractivity contribution is 0.0955. The molecule has 0 fully saturated rings. The highest BCUT2D eigenvalue weighted by atomic mass is 32.2. The number of thioether (sulfide) groups is 1. The molecule has 122 valence electrons. The summed E-state index contributed by atoms with van der Waals surface area (Å²) in [5.74, 6) is 0.390. The molecule has 1 atom stereocenters. The Morgan fingerprint density at radius 1 is 1.08 bits per heavy atom. The van der Waals surface area contributed by atoms with Gasteiger partial charge in [0.25, 0.3) is 0 Å². The fraction of sp³-hybridized carbons (Fsp3) is 0.150. The SMILES string of the molecule is Cc1ccc([C@H](CC(=O)c2ccco2)Sc2ccccc2N)cc1. The van der Waals surface area contributed by atoms with E-state index in [4.69, 9.17) is 10.2 Å². The zero-order valence-corrected chi connectivity index (χ0v) is 14.3. The number of para-hydroxylation sites is 1. The Bertz CT molecular complexity index is 810. The third-order valence-electron chi connectivity index (χ3n) is 3.80. The number of nitrogen functional groups attached to an aromatic ring is 1. The highest BCUT2D eigenvalue weighted by Gasteiger charge is 2.21. The fourth-order valence-electron chi connectivity index (χ4n) is 2.46. The molecular weight excluding hydrogens is 318 g/mol. The molecule has 0 aliphatic heterocycles. The molecule has 2 N–H and O–H groups in total. The summed E-state index contributed by atoms with van der Waals surface area (Å²) in [5, 5.41) is -0.0205. The Balaban J connectivity index is 1.87. The third kappa shape index (κ3) is 3.89. The van der Waals surface area contributed by atoms with Crippen LogP contribution in [0.4, 0.5) is 5.69 Å². The van der Waals surface area contributed by atoms with Crippen molar-refractivity contribution in [2.75, 3.05) is 5.73 Å². The smallest absolute Gasteiger partial charge is 0.199 e. The van der Waals surface area contributed by atoms with Gasteiger partial charge in [-0.2, -0.15) is 0 Å². The molecule has 0 aliphatic rings. The Hall–Kier alpha value is -2.46. The highest BCUT2D eigenvalue weighted by molar-refractivity contribution is 7.99. The number of Topliss-reactive ketones (excluding diaryl/α,β-unsaturated/α-hetero) is 1. The number of hydrogen-bond acceptors (Lipinski definition) is 4. The van der Waals surface area contributed by atoms with Gasteiger partial charge >= 0.3 is 0 Å². The van der Waals surface area contributed by atoms with Crippen molar-refractivity contribution < 1.29 is 9.21 Å². The number of hydrogen-bond donors (Lipinski definition) is 1. The second-order valence-electron chi connectivity index (χ2n) is 5.66. The molecule has 3 nitrogen and oxygen atoms in total. The maximum Gasteiger partial charge on any atom is 0.199 e. The van der Waals surface area contributed by atoms with Crippen LogP contribution in [0.25, 0.3) is 0 Å². The summed E-state index contributed by atoms with van der Waals surface area (Å²) in [6.07, 6.45) is 1.88. The second kappa shape index (κ2) is 7.41. The number of furan rings is 1. The number of carbonyl (C=O) groups excluding carboxylic acids is 1. The van der Waals surface area contributed by atoms with E-state index in [0.717, 1.165) is 16.1 Å². The molecule has 0 amide bonds. The molecule has 2 aromatic carbocycles. The number of anilines is 1. The lowest BCUT2D eigenvalue weighted by Gasteiger charge is -2.17. The molecule has 0 aliphatic carbocycles. The molecule has 0 saturated heterocycles. The van der Waals surface area contributed by atoms with Gasteiger partial charge < -0.3 is 10.2 Å². The Kier molecular flexibility index (Phi) is 5.06. The van der Waals surface area contributed by atoms with E-state index in [-0.39, 0.29) is 11.0 Å². The number of nitrogens with two attached hydrogens (primary N) is 1. The summed E-state index contributed by atoms with van der Waals surface area (Å²) in [4.78, 5) is 13.5. The van der Waals surface area contributed by atoms with Crippen molar-refractivity contribution in [2.45, 2.75) is 23.5 Å². The third-order valence-corrected chi connectivity index (χ3v) is 5.15. The molecule has 1 heterocycles. The minimum Gasteiger partial charge on any atom is -0.461 e. The summed E-state index contributed by atoms with van der Waals surface area (Å²) < 4.78 is 5.24. The van der Waals surface area contributed by atoms with Gasteiger partial charge in [-0.1, -0.05) is 42.0 Å². The molecular formula is C20H19NO2S. The van der Waals surface area contributed by atoms with Crippen molar-refractivity contribution in [3.63, 3.8) is 0 Å². The van der Waals surface area contributed by atoms with Gasteiger partial charge in [0, 0.05) is 22.3 Å². The summed E-state index contributed by atoms with van der Waals surface area (Å²) >= 11 is 1.61. The van der Waals surface area contributed by atoms with E-state index in [1.165, 1.54) is 11.8 Å². The highest BCUT2D eigenvalue weighted by Crippen LogP contribution is 2.40. The Morgan fingerprint density at radius 2 is 1.83 bits per heavy atom. The quantitative estimate of drug-likeness (QED) is 0.378. The monoisotopic (exact) mass is 337 g/mol. The van der Waals surface area contributed by atoms with Crippen LogP contribution in [0, 0.1) is 6.92 Å². The minimum atomic E-state index is -0.0205. The molecule has 0 unspecified atom stereocenters. The molecule has 3 aromatic rings. The normalized spacial score (nSPS) is 12.0. The summed E-state index contributed by atoms with van der Waals surface area (Å²) in [7, 11) is 0. The van der Waals surface area contributed by atoms with E-state index >= 15 is 0 Å². The number of benzene rings is 2. The molecule has 0 spiro atoms. The van der Waals surface area contributed by atoms with Crippen LogP contribution >= 0.6 is 11.8 Å². The molecule has 0 saturated carbocycles. The predicted octanol–water partition coefficient (Wildman–Crippen LogP) is 5.28. The Morgan fingerprint density at radius 3 is 2.50 bits per heavy atom. The van der Waals surface area contributed by atoms with Gasteiger partial charge in [-0.25, -0.2) is 0 Å². The first-order chi connectivity index (χ1) is 11.6. The summed E-state index contributed by atoms with van der Waals surface area (Å²) in [6.45, 7) is 2.05. The average Bonchev–Trinajstić information content (AvgIpc) is 3.11. The minimum absolute atomic E-state index is 0.00687. The molecule has 3 rings (SSSR count). The second-order valence-corrected chi connectivity index (χ2v) is 6.90. The number of aryl methyl sites for hydroxylation is 1. The van der Waals surface area contributed by atoms with Crippen LogP contribution in [0.5, 0.6) is 0 Å². The van der Waals surface area contributed by atoms with Gasteiger partial charge in [0.15, 0.2) is 11.5 Å². The van der Waals surface area contributed by atoms with Crippen molar-refractivity contribution in [2.24, 2.45) is 0 Å². The fourth-order valence-corrected chi connectivity index (χ4v) is 3.65. The lowest BCUT2D eigenvalue weighted by atomic mass is 10.0. The van der Waals surface area contributed by atoms with Crippen LogP contribution in [0.2, 0.25) is 0 Å². The van der Waals surface area contributed by atoms with Gasteiger partial charge in [0.2, 0.25) is 0 Å². The molecule has 1 aromatic heterocycles. The first kappa shape index (κ1) is 16.4. The van der Waals surface area contributed by atoms with Crippen LogP contribution in [0.15, 0.2) is 76.2 Å². The first-order valence-electron chi connectivity index (χ1n) is 7.78. The van der Waals surface area contributed by atoms with E-state index in [1.807, 2.05) is 24.3 Å². The number of carbonyl (C=O) groups is 1. The lowest BCUT2D eigenvalue weighted by Crippen LogP contribution is -2.05. The van der Waals surface area contributed by atoms with E-state index in [1.54, 1.807) is 23.9 Å². The summed E-state index contributed by atoms with van der Waals surface area (Å²) in [5.41, 5.74) is 9.10. The van der Waals surface area contributed by atoms with Crippen molar-refractivity contribution in [3.8, 4) is 0 Å². The van der Waals surface area contributed by atoms with Crippen LogP contribution in [0.1, 0.15) is 33.4 Å². The van der Waals surface area contributed by atoms with Crippen LogP contribution < -0.4 is 5.73 Å². The van der Waals surface area contributed by atoms with Crippen molar-refractivity contribution in [3.05, 3.63) is 83.8 Å². The van der Waals surface area contributed by atoms with Crippen molar-refractivity contribution in [1.82, 2.24) is 0 Å². The van der Waals surface area contributed by atoms with E-state index < -0.39 is 0 Å². The molecule has 4 heteroatoms. The van der Waals surface area contributed by atoms with Crippen molar-refractivity contribution in [1.29, 1.82) is 0 Å². The van der Waals surface area contributed by atoms with Crippen LogP contribution in [-0.4, -0.2) is 5.78 Å². The largest absolute Gasteiger partial charge is 0.461 e. The summed E-state index contributed by atoms with van der Waals surface area (Å²) in [6, 6.07) is 19.4. The standard InChI is InChI=1S/C20H19NO2S/c1-14-8-10-15(11-9-14)20(13-17(22)18-6-4-12-23-18)24-19-7-3-2-5-16(19)21/h2-12,20H,13,21H2,1H3/t20-/m0/s1. The first-order valence-corrected chi connectivity index (χ1v) is 8.66. The zero-order valence-electron chi connectivity index (χ0n) is 13.4. The van der Waals surface area contributed by atoms with Gasteiger partial charge in [-0.3, -0.25) is 4.79 Å². The van der Waals surface area contributed by atoms with Gasteiger partial charge in [0.05, 0.1) is 6.26 Å². The van der Waals surface area contributed by atoms with Crippen LogP contribution in [-0.2, 0) is 0 Å². The van der Waals surface area contributed by atoms with Gasteiger partial charge in [-0.05, 0) is 36.8 Å². The van der Waals surface area contributed by atoms with Gasteiger partial charge in [0.1, 0.15) is 0 Å². The molecule has 0 radical (unpaired) electrons. The number of ketones is 1. The topological polar surface area (TPSA) is 56.2 Å². The maximum atomic E-state index is 12.5.